The molecule has 0 fully saturated rings. The van der Waals surface area contributed by atoms with Gasteiger partial charge < -0.3 is 4.74 Å². The van der Waals surface area contributed by atoms with Crippen LogP contribution in [0.1, 0.15) is 12.5 Å². The van der Waals surface area contributed by atoms with Crippen molar-refractivity contribution in [3.05, 3.63) is 47.7 Å². The Morgan fingerprint density at radius 3 is 2.50 bits per heavy atom. The second kappa shape index (κ2) is 5.12. The standard InChI is InChI=1S/C14H13F2NO/c1-3-18-12-7-5-10(13(15)14(12)16)11-6-4-9(2)8-17-11/h4-8H,3H2,1-2H3. The molecule has 94 valence electrons. The van der Waals surface area contributed by atoms with Crippen molar-refractivity contribution in [2.75, 3.05) is 6.61 Å². The Bertz CT molecular complexity index is 552. The van der Waals surface area contributed by atoms with Crippen molar-refractivity contribution in [1.29, 1.82) is 0 Å². The van der Waals surface area contributed by atoms with E-state index in [4.69, 9.17) is 4.74 Å². The number of aromatic nitrogens is 1. The molecule has 0 unspecified atom stereocenters. The Kier molecular flexibility index (Phi) is 3.55. The van der Waals surface area contributed by atoms with E-state index in [0.717, 1.165) is 5.56 Å². The summed E-state index contributed by atoms with van der Waals surface area (Å²) in [5, 5.41) is 0. The number of nitrogens with zero attached hydrogens (tertiary/aromatic N) is 1. The van der Waals surface area contributed by atoms with Crippen LogP contribution in [0.15, 0.2) is 30.5 Å². The quantitative estimate of drug-likeness (QED) is 0.826. The number of benzene rings is 1. The van der Waals surface area contributed by atoms with Gasteiger partial charge in [0.25, 0.3) is 0 Å². The molecule has 1 aromatic heterocycles. The summed E-state index contributed by atoms with van der Waals surface area (Å²) in [5.41, 5.74) is 1.50. The lowest BCUT2D eigenvalue weighted by molar-refractivity contribution is 0.314. The molecule has 4 heteroatoms. The van der Waals surface area contributed by atoms with E-state index in [9.17, 15) is 8.78 Å². The van der Waals surface area contributed by atoms with E-state index < -0.39 is 11.6 Å². The summed E-state index contributed by atoms with van der Waals surface area (Å²) >= 11 is 0. The molecule has 0 radical (unpaired) electrons. The van der Waals surface area contributed by atoms with E-state index in [0.29, 0.717) is 12.3 Å². The number of aryl methyl sites for hydroxylation is 1. The third-order valence-corrected chi connectivity index (χ3v) is 2.53. The third-order valence-electron chi connectivity index (χ3n) is 2.53. The monoisotopic (exact) mass is 249 g/mol. The molecule has 0 amide bonds. The molecule has 0 spiro atoms. The second-order valence-electron chi connectivity index (χ2n) is 3.89. The van der Waals surface area contributed by atoms with Crippen LogP contribution < -0.4 is 4.74 Å². The smallest absolute Gasteiger partial charge is 0.201 e. The number of ether oxygens (including phenoxy) is 1. The fraction of sp³-hybridized carbons (Fsp3) is 0.214. The Hall–Kier alpha value is -1.97. The van der Waals surface area contributed by atoms with Gasteiger partial charge in [-0.15, -0.1) is 0 Å². The van der Waals surface area contributed by atoms with Gasteiger partial charge in [0.05, 0.1) is 12.3 Å². The molecule has 0 bridgehead atoms. The second-order valence-corrected chi connectivity index (χ2v) is 3.89. The van der Waals surface area contributed by atoms with Gasteiger partial charge in [0.1, 0.15) is 0 Å². The molecule has 0 saturated carbocycles. The number of halogens is 2. The molecule has 0 aliphatic rings. The van der Waals surface area contributed by atoms with Gasteiger partial charge in [-0.05, 0) is 37.6 Å². The van der Waals surface area contributed by atoms with Gasteiger partial charge >= 0.3 is 0 Å². The summed E-state index contributed by atoms with van der Waals surface area (Å²) in [6.07, 6.45) is 1.61. The first-order valence-corrected chi connectivity index (χ1v) is 5.67. The van der Waals surface area contributed by atoms with Crippen molar-refractivity contribution >= 4 is 0 Å². The Morgan fingerprint density at radius 1 is 1.11 bits per heavy atom. The summed E-state index contributed by atoms with van der Waals surface area (Å²) in [5.74, 6) is -1.99. The van der Waals surface area contributed by atoms with Crippen LogP contribution in [-0.4, -0.2) is 11.6 Å². The summed E-state index contributed by atoms with van der Waals surface area (Å²) in [6, 6.07) is 6.35. The predicted octanol–water partition coefficient (Wildman–Crippen LogP) is 3.73. The molecule has 0 N–H and O–H groups in total. The maximum Gasteiger partial charge on any atom is 0.201 e. The van der Waals surface area contributed by atoms with E-state index in [1.54, 1.807) is 25.3 Å². The fourth-order valence-electron chi connectivity index (χ4n) is 1.62. The van der Waals surface area contributed by atoms with E-state index in [2.05, 4.69) is 4.98 Å². The molecule has 1 aromatic carbocycles. The van der Waals surface area contributed by atoms with Crippen LogP contribution in [0.4, 0.5) is 8.78 Å². The van der Waals surface area contributed by atoms with Crippen LogP contribution in [0, 0.1) is 18.6 Å². The minimum atomic E-state index is -0.975. The third kappa shape index (κ3) is 2.32. The number of hydrogen-bond donors (Lipinski definition) is 0. The predicted molar refractivity (Wildman–Crippen MR) is 65.5 cm³/mol. The fourth-order valence-corrected chi connectivity index (χ4v) is 1.62. The van der Waals surface area contributed by atoms with Crippen molar-refractivity contribution < 1.29 is 13.5 Å². The average Bonchev–Trinajstić information content (AvgIpc) is 2.37. The van der Waals surface area contributed by atoms with Gasteiger partial charge in [-0.3, -0.25) is 4.98 Å². The SMILES string of the molecule is CCOc1ccc(-c2ccc(C)cn2)c(F)c1F. The van der Waals surface area contributed by atoms with Crippen molar-refractivity contribution in [2.24, 2.45) is 0 Å². The van der Waals surface area contributed by atoms with Gasteiger partial charge in [0, 0.05) is 11.8 Å². The highest BCUT2D eigenvalue weighted by Crippen LogP contribution is 2.28. The van der Waals surface area contributed by atoms with Gasteiger partial charge in [0.2, 0.25) is 5.82 Å². The molecule has 18 heavy (non-hydrogen) atoms. The Labute approximate surface area is 104 Å². The summed E-state index contributed by atoms with van der Waals surface area (Å²) in [6.45, 7) is 3.89. The van der Waals surface area contributed by atoms with Gasteiger partial charge in [-0.25, -0.2) is 4.39 Å². The maximum absolute atomic E-state index is 13.9. The lowest BCUT2D eigenvalue weighted by Crippen LogP contribution is -1.99. The van der Waals surface area contributed by atoms with E-state index in [-0.39, 0.29) is 11.3 Å². The highest BCUT2D eigenvalue weighted by Gasteiger charge is 2.16. The summed E-state index contributed by atoms with van der Waals surface area (Å²) < 4.78 is 32.6. The molecule has 0 aliphatic heterocycles. The van der Waals surface area contributed by atoms with E-state index in [1.807, 2.05) is 6.92 Å². The van der Waals surface area contributed by atoms with Crippen molar-refractivity contribution in [3.8, 4) is 17.0 Å². The van der Waals surface area contributed by atoms with Crippen LogP contribution in [0.2, 0.25) is 0 Å². The highest BCUT2D eigenvalue weighted by molar-refractivity contribution is 5.61. The van der Waals surface area contributed by atoms with Crippen molar-refractivity contribution in [3.63, 3.8) is 0 Å². The van der Waals surface area contributed by atoms with Crippen LogP contribution in [0.5, 0.6) is 5.75 Å². The number of rotatable bonds is 3. The van der Waals surface area contributed by atoms with Gasteiger partial charge in [-0.1, -0.05) is 6.07 Å². The van der Waals surface area contributed by atoms with Crippen LogP contribution >= 0.6 is 0 Å². The molecule has 0 aliphatic carbocycles. The Morgan fingerprint density at radius 2 is 1.89 bits per heavy atom. The minimum absolute atomic E-state index is 0.0779. The zero-order chi connectivity index (χ0) is 13.1. The molecule has 2 nitrogen and oxygen atoms in total. The Balaban J connectivity index is 2.46. The zero-order valence-corrected chi connectivity index (χ0v) is 10.2. The number of hydrogen-bond acceptors (Lipinski definition) is 2. The molecule has 0 saturated heterocycles. The molecule has 2 aromatic rings. The van der Waals surface area contributed by atoms with Crippen molar-refractivity contribution in [1.82, 2.24) is 4.98 Å². The summed E-state index contributed by atoms with van der Waals surface area (Å²) in [7, 11) is 0. The highest BCUT2D eigenvalue weighted by atomic mass is 19.2. The van der Waals surface area contributed by atoms with Gasteiger partial charge in [-0.2, -0.15) is 4.39 Å². The summed E-state index contributed by atoms with van der Waals surface area (Å²) in [4.78, 5) is 4.08. The van der Waals surface area contributed by atoms with Crippen LogP contribution in [-0.2, 0) is 0 Å². The average molecular weight is 249 g/mol. The van der Waals surface area contributed by atoms with Crippen molar-refractivity contribution in [2.45, 2.75) is 13.8 Å². The number of pyridine rings is 1. The van der Waals surface area contributed by atoms with E-state index in [1.165, 1.54) is 12.1 Å². The van der Waals surface area contributed by atoms with Crippen LogP contribution in [0.25, 0.3) is 11.3 Å². The first-order chi connectivity index (χ1) is 8.63. The molecule has 1 heterocycles. The zero-order valence-electron chi connectivity index (χ0n) is 10.2. The van der Waals surface area contributed by atoms with Crippen LogP contribution in [0.3, 0.4) is 0 Å². The normalized spacial score (nSPS) is 10.4. The molecular weight excluding hydrogens is 236 g/mol. The lowest BCUT2D eigenvalue weighted by atomic mass is 10.1. The topological polar surface area (TPSA) is 22.1 Å². The first kappa shape index (κ1) is 12.5. The molecular formula is C14H13F2NO. The largest absolute Gasteiger partial charge is 0.491 e. The molecule has 2 rings (SSSR count). The molecule has 0 atom stereocenters. The first-order valence-electron chi connectivity index (χ1n) is 5.67. The van der Waals surface area contributed by atoms with E-state index >= 15 is 0 Å². The van der Waals surface area contributed by atoms with Gasteiger partial charge in [0.15, 0.2) is 11.6 Å². The minimum Gasteiger partial charge on any atom is -0.491 e. The lowest BCUT2D eigenvalue weighted by Gasteiger charge is -2.08. The maximum atomic E-state index is 13.9.